The highest BCUT2D eigenvalue weighted by Crippen LogP contribution is 2.38. The molecule has 0 aromatic heterocycles. The summed E-state index contributed by atoms with van der Waals surface area (Å²) in [7, 11) is 0. The van der Waals surface area contributed by atoms with Crippen LogP contribution in [0.3, 0.4) is 0 Å². The van der Waals surface area contributed by atoms with Crippen LogP contribution in [0.1, 0.15) is 28.4 Å². The lowest BCUT2D eigenvalue weighted by Gasteiger charge is -2.16. The zero-order chi connectivity index (χ0) is 25.8. The van der Waals surface area contributed by atoms with E-state index in [1.807, 2.05) is 0 Å². The number of ether oxygens (including phenoxy) is 2. The minimum absolute atomic E-state index is 0.0539. The molecule has 1 N–H and O–H groups in total. The van der Waals surface area contributed by atoms with Crippen molar-refractivity contribution in [3.63, 3.8) is 0 Å². The second kappa shape index (κ2) is 10.8. The van der Waals surface area contributed by atoms with Crippen LogP contribution in [0, 0.1) is 0 Å². The molecule has 0 radical (unpaired) electrons. The molecule has 8 nitrogen and oxygen atoms in total. The van der Waals surface area contributed by atoms with Gasteiger partial charge in [-0.2, -0.15) is 4.99 Å². The summed E-state index contributed by atoms with van der Waals surface area (Å²) in [5.74, 6) is -0.879. The Kier molecular flexibility index (Phi) is 7.57. The van der Waals surface area contributed by atoms with Crippen molar-refractivity contribution >= 4 is 52.5 Å². The molecule has 1 aliphatic rings. The van der Waals surface area contributed by atoms with Gasteiger partial charge in [-0.3, -0.25) is 4.79 Å². The average Bonchev–Trinajstić information content (AvgIpc) is 3.11. The fourth-order valence-corrected chi connectivity index (χ4v) is 4.08. The van der Waals surface area contributed by atoms with Crippen molar-refractivity contribution in [2.24, 2.45) is 4.99 Å². The number of carbonyl (C=O) groups excluding carboxylic acids is 2. The maximum Gasteiger partial charge on any atom is 0.355 e. The second-order valence-electron chi connectivity index (χ2n) is 7.77. The monoisotopic (exact) mass is 526 g/mol. The van der Waals surface area contributed by atoms with Crippen molar-refractivity contribution in [2.45, 2.75) is 20.0 Å². The third-order valence-corrected chi connectivity index (χ3v) is 5.78. The third-order valence-electron chi connectivity index (χ3n) is 5.26. The lowest BCUT2D eigenvalue weighted by molar-refractivity contribution is -0.111. The molecule has 3 aromatic rings. The summed E-state index contributed by atoms with van der Waals surface area (Å²) in [5.41, 5.74) is 1.92. The zero-order valence-electron chi connectivity index (χ0n) is 19.0. The number of benzene rings is 3. The number of carboxylic acid groups (broad SMARTS) is 1. The predicted molar refractivity (Wildman–Crippen MR) is 136 cm³/mol. The van der Waals surface area contributed by atoms with E-state index in [1.165, 1.54) is 18.2 Å². The Hall–Kier alpha value is -3.88. The van der Waals surface area contributed by atoms with E-state index in [9.17, 15) is 14.4 Å². The van der Waals surface area contributed by atoms with Crippen LogP contribution in [0.15, 0.2) is 65.7 Å². The first-order chi connectivity index (χ1) is 17.3. The van der Waals surface area contributed by atoms with E-state index >= 15 is 0 Å². The second-order valence-corrected chi connectivity index (χ2v) is 8.61. The minimum Gasteiger partial charge on any atom is -0.490 e. The molecule has 1 heterocycles. The first kappa shape index (κ1) is 25.2. The fourth-order valence-electron chi connectivity index (χ4n) is 3.61. The Labute approximate surface area is 216 Å². The van der Waals surface area contributed by atoms with Crippen LogP contribution >= 0.6 is 23.2 Å². The van der Waals surface area contributed by atoms with Gasteiger partial charge in [-0.15, -0.1) is 0 Å². The zero-order valence-corrected chi connectivity index (χ0v) is 20.5. The summed E-state index contributed by atoms with van der Waals surface area (Å²) >= 11 is 12.5. The largest absolute Gasteiger partial charge is 0.490 e. The number of aliphatic imine (C=N–C) groups is 1. The highest BCUT2D eigenvalue weighted by Gasteiger charge is 2.34. The quantitative estimate of drug-likeness (QED) is 0.376. The molecular weight excluding hydrogens is 507 g/mol. The molecule has 0 aliphatic carbocycles. The van der Waals surface area contributed by atoms with Crippen LogP contribution in [0.2, 0.25) is 10.0 Å². The van der Waals surface area contributed by atoms with Crippen LogP contribution in [-0.4, -0.2) is 35.3 Å². The van der Waals surface area contributed by atoms with Gasteiger partial charge in [0.1, 0.15) is 12.3 Å². The van der Waals surface area contributed by atoms with Gasteiger partial charge in [-0.25, -0.2) is 14.5 Å². The Morgan fingerprint density at radius 2 is 1.75 bits per heavy atom. The number of imide groups is 1. The van der Waals surface area contributed by atoms with Crippen molar-refractivity contribution in [2.75, 3.05) is 11.5 Å². The number of carbonyl (C=O) groups is 3. The van der Waals surface area contributed by atoms with Crippen LogP contribution in [0.5, 0.6) is 11.5 Å². The number of hydrogen-bond acceptors (Lipinski definition) is 5. The molecule has 184 valence electrons. The molecule has 10 heteroatoms. The van der Waals surface area contributed by atoms with Gasteiger partial charge in [0.15, 0.2) is 11.5 Å². The van der Waals surface area contributed by atoms with Gasteiger partial charge >= 0.3 is 12.0 Å². The van der Waals surface area contributed by atoms with Crippen molar-refractivity contribution in [1.82, 2.24) is 0 Å². The Bertz CT molecular complexity index is 1370. The average molecular weight is 527 g/mol. The van der Waals surface area contributed by atoms with Gasteiger partial charge in [0.25, 0.3) is 5.91 Å². The van der Waals surface area contributed by atoms with Crippen LogP contribution < -0.4 is 14.4 Å². The maximum absolute atomic E-state index is 12.9. The van der Waals surface area contributed by atoms with Crippen molar-refractivity contribution in [3.05, 3.63) is 87.4 Å². The van der Waals surface area contributed by atoms with Gasteiger partial charge in [0, 0.05) is 11.4 Å². The molecule has 0 fully saturated rings. The molecule has 4 rings (SSSR count). The summed E-state index contributed by atoms with van der Waals surface area (Å²) in [4.78, 5) is 41.3. The number of hydrogen-bond donors (Lipinski definition) is 1. The first-order valence-corrected chi connectivity index (χ1v) is 11.6. The Morgan fingerprint density at radius 3 is 2.42 bits per heavy atom. The summed E-state index contributed by atoms with van der Waals surface area (Å²) in [6, 6.07) is 15.3. The van der Waals surface area contributed by atoms with Crippen LogP contribution in [0.4, 0.5) is 10.5 Å². The van der Waals surface area contributed by atoms with Gasteiger partial charge in [0.05, 0.1) is 22.9 Å². The van der Waals surface area contributed by atoms with Gasteiger partial charge in [-0.05, 0) is 60.5 Å². The summed E-state index contributed by atoms with van der Waals surface area (Å²) < 4.78 is 11.6. The van der Waals surface area contributed by atoms with Crippen molar-refractivity contribution < 1.29 is 29.0 Å². The smallest absolute Gasteiger partial charge is 0.355 e. The first-order valence-electron chi connectivity index (χ1n) is 10.9. The van der Waals surface area contributed by atoms with Gasteiger partial charge < -0.3 is 14.6 Å². The predicted octanol–water partition coefficient (Wildman–Crippen LogP) is 5.82. The SMILES string of the molecule is CCOc1cc(CC2=NC(=O)N(c3cccc(Cl)c3)C2=O)cc(Cl)c1OCc1ccc(C(=O)O)cc1. The molecule has 0 atom stereocenters. The number of nitrogens with zero attached hydrogens (tertiary/aromatic N) is 2. The van der Waals surface area contributed by atoms with Crippen molar-refractivity contribution in [3.8, 4) is 11.5 Å². The molecule has 0 unspecified atom stereocenters. The third kappa shape index (κ3) is 5.50. The molecule has 0 saturated heterocycles. The number of amides is 3. The number of carboxylic acids is 1. The summed E-state index contributed by atoms with van der Waals surface area (Å²) in [5, 5.41) is 9.68. The topological polar surface area (TPSA) is 106 Å². The maximum atomic E-state index is 12.9. The number of urea groups is 1. The molecule has 0 bridgehead atoms. The molecular formula is C26H20Cl2N2O6. The number of aromatic carboxylic acids is 1. The van der Waals surface area contributed by atoms with E-state index in [1.54, 1.807) is 49.4 Å². The Morgan fingerprint density at radius 1 is 1.00 bits per heavy atom. The number of anilines is 1. The fraction of sp³-hybridized carbons (Fsp3) is 0.154. The molecule has 3 aromatic carbocycles. The molecule has 36 heavy (non-hydrogen) atoms. The summed E-state index contributed by atoms with van der Waals surface area (Å²) in [6.07, 6.45) is 0.0539. The number of rotatable bonds is 9. The molecule has 1 aliphatic heterocycles. The lowest BCUT2D eigenvalue weighted by Crippen LogP contribution is -2.33. The number of halogens is 2. The van der Waals surface area contributed by atoms with Gasteiger partial charge in [0.2, 0.25) is 0 Å². The lowest BCUT2D eigenvalue weighted by atomic mass is 10.1. The van der Waals surface area contributed by atoms with Gasteiger partial charge in [-0.1, -0.05) is 41.4 Å². The molecule has 0 spiro atoms. The van der Waals surface area contributed by atoms with E-state index in [2.05, 4.69) is 4.99 Å². The van der Waals surface area contributed by atoms with E-state index in [0.29, 0.717) is 34.4 Å². The highest BCUT2D eigenvalue weighted by atomic mass is 35.5. The molecule has 3 amide bonds. The van der Waals surface area contributed by atoms with E-state index in [-0.39, 0.29) is 29.3 Å². The van der Waals surface area contributed by atoms with E-state index < -0.39 is 17.9 Å². The van der Waals surface area contributed by atoms with Crippen molar-refractivity contribution in [1.29, 1.82) is 0 Å². The summed E-state index contributed by atoms with van der Waals surface area (Å²) in [6.45, 7) is 2.28. The van der Waals surface area contributed by atoms with E-state index in [4.69, 9.17) is 37.8 Å². The highest BCUT2D eigenvalue weighted by molar-refractivity contribution is 6.54. The van der Waals surface area contributed by atoms with E-state index in [0.717, 1.165) is 10.5 Å². The Balaban J connectivity index is 1.52. The normalized spacial score (nSPS) is 13.1. The van der Waals surface area contributed by atoms with Crippen LogP contribution in [0.25, 0.3) is 0 Å². The standard InChI is InChI=1S/C26H20Cl2N2O6/c1-2-35-22-12-16(10-20(28)23(22)36-14-15-6-8-17(9-7-15)25(32)33)11-21-24(31)30(26(34)29-21)19-5-3-4-18(27)13-19/h3-10,12-13H,2,11,14H2,1H3,(H,32,33). The molecule has 0 saturated carbocycles. The minimum atomic E-state index is -1.01. The van der Waals surface area contributed by atoms with Crippen LogP contribution in [-0.2, 0) is 17.8 Å².